The Morgan fingerprint density at radius 1 is 1.32 bits per heavy atom. The summed E-state index contributed by atoms with van der Waals surface area (Å²) in [7, 11) is 0. The Kier molecular flexibility index (Phi) is 5.38. The summed E-state index contributed by atoms with van der Waals surface area (Å²) in [5.74, 6) is 1.29. The molecule has 0 aliphatic rings. The van der Waals surface area contributed by atoms with Crippen LogP contribution in [0.15, 0.2) is 24.3 Å². The lowest BCUT2D eigenvalue weighted by molar-refractivity contribution is 0.225. The Hall–Kier alpha value is -1.53. The van der Waals surface area contributed by atoms with Gasteiger partial charge in [-0.3, -0.25) is 5.32 Å². The summed E-state index contributed by atoms with van der Waals surface area (Å²) in [5.41, 5.74) is 0.579. The third kappa shape index (κ3) is 4.92. The van der Waals surface area contributed by atoms with Gasteiger partial charge in [-0.05, 0) is 44.4 Å². The first-order chi connectivity index (χ1) is 8.86. The highest BCUT2D eigenvalue weighted by Gasteiger charge is 2.25. The van der Waals surface area contributed by atoms with Gasteiger partial charge in [-0.1, -0.05) is 26.0 Å². The largest absolute Gasteiger partial charge is 0.491 e. The molecule has 1 aromatic carbocycles. The van der Waals surface area contributed by atoms with Crippen molar-refractivity contribution in [1.29, 1.82) is 5.26 Å². The van der Waals surface area contributed by atoms with Crippen LogP contribution >= 0.6 is 0 Å². The number of benzene rings is 1. The van der Waals surface area contributed by atoms with E-state index in [9.17, 15) is 5.26 Å². The van der Waals surface area contributed by atoms with Crippen molar-refractivity contribution in [2.45, 2.75) is 52.1 Å². The summed E-state index contributed by atoms with van der Waals surface area (Å²) in [6.45, 7) is 10.5. The van der Waals surface area contributed by atoms with Gasteiger partial charge in [0.2, 0.25) is 0 Å². The van der Waals surface area contributed by atoms with E-state index in [-0.39, 0.29) is 6.04 Å². The van der Waals surface area contributed by atoms with Crippen LogP contribution in [0.3, 0.4) is 0 Å². The van der Waals surface area contributed by atoms with Gasteiger partial charge < -0.3 is 4.74 Å². The molecule has 3 nitrogen and oxygen atoms in total. The van der Waals surface area contributed by atoms with Crippen molar-refractivity contribution in [1.82, 2.24) is 5.32 Å². The zero-order valence-electron chi connectivity index (χ0n) is 12.5. The molecule has 0 saturated heterocycles. The van der Waals surface area contributed by atoms with E-state index in [2.05, 4.69) is 31.3 Å². The van der Waals surface area contributed by atoms with Crippen molar-refractivity contribution in [3.05, 3.63) is 29.8 Å². The topological polar surface area (TPSA) is 45.0 Å². The molecular weight excluding hydrogens is 236 g/mol. The lowest BCUT2D eigenvalue weighted by Gasteiger charge is -2.26. The molecular formula is C16H24N2O. The molecule has 0 radical (unpaired) electrons. The molecule has 104 valence electrons. The molecule has 0 amide bonds. The molecule has 0 saturated carbocycles. The molecule has 0 aromatic heterocycles. The van der Waals surface area contributed by atoms with Crippen LogP contribution in [0, 0.1) is 11.3 Å². The maximum atomic E-state index is 9.26. The summed E-state index contributed by atoms with van der Waals surface area (Å²) in [6.07, 6.45) is 0. The molecule has 1 rings (SSSR count). The summed E-state index contributed by atoms with van der Waals surface area (Å²) in [5, 5.41) is 12.5. The van der Waals surface area contributed by atoms with E-state index >= 15 is 0 Å². The molecule has 0 fully saturated rings. The number of hydrogen-bond acceptors (Lipinski definition) is 3. The van der Waals surface area contributed by atoms with Gasteiger partial charge >= 0.3 is 0 Å². The predicted octanol–water partition coefficient (Wildman–Crippen LogP) is 3.47. The fraction of sp³-hybridized carbons (Fsp3) is 0.562. The smallest absolute Gasteiger partial charge is 0.138 e. The molecule has 0 aliphatic carbocycles. The highest BCUT2D eigenvalue weighted by molar-refractivity contribution is 5.30. The van der Waals surface area contributed by atoms with E-state index in [1.54, 1.807) is 0 Å². The first-order valence-electron chi connectivity index (χ1n) is 6.78. The zero-order chi connectivity index (χ0) is 14.5. The van der Waals surface area contributed by atoms with Crippen LogP contribution in [0.5, 0.6) is 5.75 Å². The second kappa shape index (κ2) is 6.58. The third-order valence-electron chi connectivity index (χ3n) is 2.91. The fourth-order valence-electron chi connectivity index (χ4n) is 1.93. The Balaban J connectivity index is 2.70. The van der Waals surface area contributed by atoms with Crippen LogP contribution in [0.2, 0.25) is 0 Å². The quantitative estimate of drug-likeness (QED) is 0.851. The summed E-state index contributed by atoms with van der Waals surface area (Å²) < 4.78 is 5.77. The molecule has 1 unspecified atom stereocenters. The van der Waals surface area contributed by atoms with E-state index in [0.717, 1.165) is 5.75 Å². The highest BCUT2D eigenvalue weighted by Crippen LogP contribution is 2.21. The first kappa shape index (κ1) is 15.5. The van der Waals surface area contributed by atoms with Crippen molar-refractivity contribution >= 4 is 0 Å². The standard InChI is InChI=1S/C16H24N2O/c1-12(2)14-7-6-8-15(9-14)19-11-16(5,10-17)18-13(3)4/h6-9,12-13,18H,11H2,1-5H3. The van der Waals surface area contributed by atoms with Gasteiger partial charge in [0.25, 0.3) is 0 Å². The van der Waals surface area contributed by atoms with Crippen LogP contribution in [0.4, 0.5) is 0 Å². The minimum Gasteiger partial charge on any atom is -0.491 e. The van der Waals surface area contributed by atoms with E-state index < -0.39 is 5.54 Å². The Labute approximate surface area is 116 Å². The van der Waals surface area contributed by atoms with Gasteiger partial charge in [0.05, 0.1) is 6.07 Å². The van der Waals surface area contributed by atoms with Crippen molar-refractivity contribution in [2.24, 2.45) is 0 Å². The van der Waals surface area contributed by atoms with E-state index in [1.807, 2.05) is 39.0 Å². The van der Waals surface area contributed by atoms with Gasteiger partial charge in [-0.15, -0.1) is 0 Å². The molecule has 1 N–H and O–H groups in total. The maximum Gasteiger partial charge on any atom is 0.138 e. The molecule has 1 aromatic rings. The highest BCUT2D eigenvalue weighted by atomic mass is 16.5. The average molecular weight is 260 g/mol. The number of ether oxygens (including phenoxy) is 1. The third-order valence-corrected chi connectivity index (χ3v) is 2.91. The Morgan fingerprint density at radius 2 is 2.00 bits per heavy atom. The average Bonchev–Trinajstić information content (AvgIpc) is 2.36. The second-order valence-corrected chi connectivity index (χ2v) is 5.76. The molecule has 1 atom stereocenters. The Bertz CT molecular complexity index is 448. The minimum absolute atomic E-state index is 0.246. The van der Waals surface area contributed by atoms with Crippen LogP contribution in [0.1, 0.15) is 46.1 Å². The number of rotatable bonds is 6. The van der Waals surface area contributed by atoms with Crippen molar-refractivity contribution in [3.63, 3.8) is 0 Å². The fourth-order valence-corrected chi connectivity index (χ4v) is 1.93. The van der Waals surface area contributed by atoms with E-state index in [1.165, 1.54) is 5.56 Å². The summed E-state index contributed by atoms with van der Waals surface area (Å²) >= 11 is 0. The molecule has 0 bridgehead atoms. The zero-order valence-corrected chi connectivity index (χ0v) is 12.5. The normalized spacial score (nSPS) is 14.2. The molecule has 19 heavy (non-hydrogen) atoms. The van der Waals surface area contributed by atoms with Crippen LogP contribution in [-0.2, 0) is 0 Å². The van der Waals surface area contributed by atoms with Gasteiger partial charge in [-0.25, -0.2) is 0 Å². The van der Waals surface area contributed by atoms with Gasteiger partial charge in [0.1, 0.15) is 17.9 Å². The van der Waals surface area contributed by atoms with Crippen LogP contribution in [-0.4, -0.2) is 18.2 Å². The Morgan fingerprint density at radius 3 is 2.53 bits per heavy atom. The van der Waals surface area contributed by atoms with Crippen molar-refractivity contribution in [2.75, 3.05) is 6.61 Å². The molecule has 0 aliphatic heterocycles. The summed E-state index contributed by atoms with van der Waals surface area (Å²) in [4.78, 5) is 0. The maximum absolute atomic E-state index is 9.26. The van der Waals surface area contributed by atoms with Crippen molar-refractivity contribution < 1.29 is 4.74 Å². The molecule has 0 spiro atoms. The number of nitrogens with one attached hydrogen (secondary N) is 1. The van der Waals surface area contributed by atoms with E-state index in [4.69, 9.17) is 4.74 Å². The number of nitrogens with zero attached hydrogens (tertiary/aromatic N) is 1. The van der Waals surface area contributed by atoms with Gasteiger partial charge in [-0.2, -0.15) is 5.26 Å². The first-order valence-corrected chi connectivity index (χ1v) is 6.78. The van der Waals surface area contributed by atoms with E-state index in [0.29, 0.717) is 12.5 Å². The predicted molar refractivity (Wildman–Crippen MR) is 78.3 cm³/mol. The lowest BCUT2D eigenvalue weighted by atomic mass is 10.0. The monoisotopic (exact) mass is 260 g/mol. The number of nitriles is 1. The number of hydrogen-bond donors (Lipinski definition) is 1. The SMILES string of the molecule is CC(C)NC(C)(C#N)COc1cccc(C(C)C)c1. The molecule has 0 heterocycles. The second-order valence-electron chi connectivity index (χ2n) is 5.76. The van der Waals surface area contributed by atoms with Gasteiger partial charge in [0.15, 0.2) is 0 Å². The molecule has 3 heteroatoms. The van der Waals surface area contributed by atoms with Crippen LogP contribution < -0.4 is 10.1 Å². The lowest BCUT2D eigenvalue weighted by Crippen LogP contribution is -2.49. The van der Waals surface area contributed by atoms with Crippen LogP contribution in [0.25, 0.3) is 0 Å². The summed E-state index contributed by atoms with van der Waals surface area (Å²) in [6, 6.07) is 10.6. The van der Waals surface area contributed by atoms with Crippen molar-refractivity contribution in [3.8, 4) is 11.8 Å². The minimum atomic E-state index is -0.665. The van der Waals surface area contributed by atoms with Gasteiger partial charge in [0, 0.05) is 6.04 Å².